The number of aliphatic hydroxyl groups excluding tert-OH is 2. The molecule has 0 radical (unpaired) electrons. The fourth-order valence-electron chi connectivity index (χ4n) is 2.94. The molecule has 1 aromatic heterocycles. The second kappa shape index (κ2) is 7.81. The summed E-state index contributed by atoms with van der Waals surface area (Å²) in [6.07, 6.45) is -0.832. The molecule has 2 atom stereocenters. The van der Waals surface area contributed by atoms with Gasteiger partial charge in [0.15, 0.2) is 5.76 Å². The Morgan fingerprint density at radius 1 is 1.22 bits per heavy atom. The summed E-state index contributed by atoms with van der Waals surface area (Å²) >= 11 is 0. The van der Waals surface area contributed by atoms with E-state index in [1.54, 1.807) is 18.2 Å². The number of furan rings is 1. The number of hydrogen-bond acceptors (Lipinski definition) is 6. The van der Waals surface area contributed by atoms with E-state index in [4.69, 9.17) is 9.52 Å². The minimum absolute atomic E-state index is 0.0391. The molecule has 8 heteroatoms. The van der Waals surface area contributed by atoms with Crippen molar-refractivity contribution in [1.82, 2.24) is 4.90 Å². The van der Waals surface area contributed by atoms with Crippen molar-refractivity contribution in [3.63, 3.8) is 0 Å². The van der Waals surface area contributed by atoms with Crippen molar-refractivity contribution in [2.75, 3.05) is 19.7 Å². The minimum Gasteiger partial charge on any atom is -0.458 e. The molecule has 0 bridgehead atoms. The number of amides is 1. The highest BCUT2D eigenvalue weighted by molar-refractivity contribution is 6.43. The van der Waals surface area contributed by atoms with Crippen LogP contribution in [-0.4, -0.2) is 58.4 Å². The van der Waals surface area contributed by atoms with Gasteiger partial charge in [-0.05, 0) is 29.8 Å². The lowest BCUT2D eigenvalue weighted by molar-refractivity contribution is -0.141. The minimum atomic E-state index is -1.20. The number of halogens is 1. The van der Waals surface area contributed by atoms with Gasteiger partial charge in [0, 0.05) is 19.5 Å². The predicted molar refractivity (Wildman–Crippen MR) is 90.4 cm³/mol. The lowest BCUT2D eigenvalue weighted by atomic mass is 10.0. The summed E-state index contributed by atoms with van der Waals surface area (Å²) in [5.41, 5.74) is 0.793. The molecule has 0 saturated carbocycles. The Labute approximate surface area is 154 Å². The fraction of sp³-hybridized carbons (Fsp3) is 0.316. The van der Waals surface area contributed by atoms with E-state index in [0.717, 1.165) is 10.5 Å². The summed E-state index contributed by atoms with van der Waals surface area (Å²) in [7, 11) is 0. The first kappa shape index (κ1) is 18.9. The van der Waals surface area contributed by atoms with Crippen LogP contribution >= 0.6 is 0 Å². The van der Waals surface area contributed by atoms with E-state index >= 15 is 0 Å². The maximum absolute atomic E-state index is 12.9. The van der Waals surface area contributed by atoms with Gasteiger partial charge in [-0.2, -0.15) is 0 Å². The Morgan fingerprint density at radius 3 is 2.59 bits per heavy atom. The highest BCUT2D eigenvalue weighted by atomic mass is 19.1. The first-order valence-electron chi connectivity index (χ1n) is 8.38. The van der Waals surface area contributed by atoms with Gasteiger partial charge < -0.3 is 19.5 Å². The Bertz CT molecular complexity index is 859. The molecule has 2 unspecified atom stereocenters. The van der Waals surface area contributed by atoms with Gasteiger partial charge >= 0.3 is 0 Å². The van der Waals surface area contributed by atoms with Gasteiger partial charge in [-0.3, -0.25) is 14.4 Å². The van der Waals surface area contributed by atoms with Crippen molar-refractivity contribution in [2.24, 2.45) is 5.92 Å². The first-order valence-corrected chi connectivity index (χ1v) is 8.38. The third-order valence-electron chi connectivity index (χ3n) is 4.37. The summed E-state index contributed by atoms with van der Waals surface area (Å²) in [5, 5.41) is 18.3. The molecule has 2 aromatic rings. The van der Waals surface area contributed by atoms with Crippen LogP contribution in [-0.2, 0) is 16.0 Å². The normalized spacial score (nSPS) is 18.2. The van der Waals surface area contributed by atoms with E-state index in [9.17, 15) is 23.9 Å². The average Bonchev–Trinajstić information content (AvgIpc) is 3.23. The number of carbonyl (C=O) groups is 3. The van der Waals surface area contributed by atoms with Gasteiger partial charge in [0.2, 0.25) is 11.6 Å². The van der Waals surface area contributed by atoms with Crippen LogP contribution in [0.2, 0.25) is 0 Å². The molecule has 142 valence electrons. The van der Waals surface area contributed by atoms with Gasteiger partial charge in [-0.1, -0.05) is 12.1 Å². The quantitative estimate of drug-likeness (QED) is 0.416. The number of β-amino-alcohol motifs (C(OH)–C–C–N with tert-alkyl or cyclic N) is 1. The summed E-state index contributed by atoms with van der Waals surface area (Å²) in [4.78, 5) is 37.7. The molecule has 0 aliphatic carbocycles. The average molecular weight is 375 g/mol. The number of benzene rings is 1. The van der Waals surface area contributed by atoms with Crippen molar-refractivity contribution in [1.29, 1.82) is 0 Å². The second-order valence-electron chi connectivity index (χ2n) is 6.40. The smallest absolute Gasteiger partial charge is 0.290 e. The molecule has 3 rings (SSSR count). The van der Waals surface area contributed by atoms with E-state index in [2.05, 4.69) is 0 Å². The Hall–Kier alpha value is -2.84. The number of ketones is 2. The molecule has 2 N–H and O–H groups in total. The van der Waals surface area contributed by atoms with Crippen LogP contribution in [0.5, 0.6) is 0 Å². The van der Waals surface area contributed by atoms with Crippen LogP contribution < -0.4 is 0 Å². The van der Waals surface area contributed by atoms with Crippen LogP contribution in [0.3, 0.4) is 0 Å². The number of carbonyl (C=O) groups excluding carboxylic acids is 3. The topological polar surface area (TPSA) is 108 Å². The summed E-state index contributed by atoms with van der Waals surface area (Å²) < 4.78 is 18.4. The van der Waals surface area contributed by atoms with Gasteiger partial charge in [0.25, 0.3) is 5.91 Å². The molecule has 1 aromatic carbocycles. The molecule has 1 fully saturated rings. The molecule has 1 amide bonds. The third-order valence-corrected chi connectivity index (χ3v) is 4.37. The molecule has 1 aliphatic rings. The Balaban J connectivity index is 1.69. The maximum atomic E-state index is 12.9. The fourth-order valence-corrected chi connectivity index (χ4v) is 2.94. The van der Waals surface area contributed by atoms with E-state index in [0.29, 0.717) is 12.2 Å². The number of rotatable bonds is 7. The van der Waals surface area contributed by atoms with Crippen molar-refractivity contribution >= 4 is 17.5 Å². The molecule has 27 heavy (non-hydrogen) atoms. The monoisotopic (exact) mass is 375 g/mol. The third kappa shape index (κ3) is 4.12. The van der Waals surface area contributed by atoms with Crippen LogP contribution in [0.1, 0.15) is 21.9 Å². The predicted octanol–water partition coefficient (Wildman–Crippen LogP) is 0.573. The largest absolute Gasteiger partial charge is 0.458 e. The molecule has 1 aliphatic heterocycles. The summed E-state index contributed by atoms with van der Waals surface area (Å²) in [5.74, 6) is -3.46. The molecular formula is C19H18FNO6. The zero-order chi connectivity index (χ0) is 19.6. The van der Waals surface area contributed by atoms with Crippen molar-refractivity contribution in [2.45, 2.75) is 12.5 Å². The maximum Gasteiger partial charge on any atom is 0.290 e. The van der Waals surface area contributed by atoms with E-state index < -0.39 is 36.1 Å². The summed E-state index contributed by atoms with van der Waals surface area (Å²) in [6, 6.07) is 8.87. The Kier molecular flexibility index (Phi) is 5.48. The standard InChI is InChI=1S/C19H18FNO6/c20-12-3-1-11(2-4-12)7-14-5-6-16(27-14)17(24)15-9-21(8-13(23)10-22)19(26)18(15)25/h1-6,13,15,22-23H,7-10H2. The Morgan fingerprint density at radius 2 is 1.93 bits per heavy atom. The van der Waals surface area contributed by atoms with Gasteiger partial charge in [0.05, 0.1) is 12.7 Å². The number of nitrogens with zero attached hydrogens (tertiary/aromatic N) is 1. The lowest BCUT2D eigenvalue weighted by Gasteiger charge is -2.17. The number of Topliss-reactive ketones (excluding diaryl/α,β-unsaturated/α-hetero) is 2. The van der Waals surface area contributed by atoms with Crippen LogP contribution in [0.4, 0.5) is 4.39 Å². The molecular weight excluding hydrogens is 357 g/mol. The van der Waals surface area contributed by atoms with Gasteiger partial charge in [0.1, 0.15) is 17.5 Å². The highest BCUT2D eigenvalue weighted by Crippen LogP contribution is 2.22. The summed E-state index contributed by atoms with van der Waals surface area (Å²) in [6.45, 7) is -0.943. The zero-order valence-corrected chi connectivity index (χ0v) is 14.3. The molecule has 0 spiro atoms. The van der Waals surface area contributed by atoms with Crippen LogP contribution in [0.15, 0.2) is 40.8 Å². The van der Waals surface area contributed by atoms with E-state index in [1.165, 1.54) is 18.2 Å². The van der Waals surface area contributed by atoms with Crippen molar-refractivity contribution in [3.05, 3.63) is 59.3 Å². The highest BCUT2D eigenvalue weighted by Gasteiger charge is 2.44. The number of hydrogen-bond donors (Lipinski definition) is 2. The zero-order valence-electron chi connectivity index (χ0n) is 14.3. The van der Waals surface area contributed by atoms with Gasteiger partial charge in [-0.25, -0.2) is 4.39 Å². The van der Waals surface area contributed by atoms with Crippen molar-refractivity contribution in [3.8, 4) is 0 Å². The lowest BCUT2D eigenvalue weighted by Crippen LogP contribution is -2.36. The molecule has 1 saturated heterocycles. The number of aliphatic hydroxyl groups is 2. The van der Waals surface area contributed by atoms with E-state index in [1.807, 2.05) is 0 Å². The molecule has 2 heterocycles. The first-order chi connectivity index (χ1) is 12.9. The second-order valence-corrected chi connectivity index (χ2v) is 6.40. The number of likely N-dealkylation sites (tertiary alicyclic amines) is 1. The van der Waals surface area contributed by atoms with Gasteiger partial charge in [-0.15, -0.1) is 0 Å². The van der Waals surface area contributed by atoms with E-state index in [-0.39, 0.29) is 24.7 Å². The van der Waals surface area contributed by atoms with Crippen LogP contribution in [0, 0.1) is 11.7 Å². The SMILES string of the molecule is O=C1C(=O)N(CC(O)CO)CC1C(=O)c1ccc(Cc2ccc(F)cc2)o1. The van der Waals surface area contributed by atoms with Crippen molar-refractivity contribution < 1.29 is 33.4 Å². The van der Waals surface area contributed by atoms with Crippen LogP contribution in [0.25, 0.3) is 0 Å². The molecule has 7 nitrogen and oxygen atoms in total.